The van der Waals surface area contributed by atoms with Crippen LogP contribution in [0.3, 0.4) is 0 Å². The van der Waals surface area contributed by atoms with Crippen LogP contribution < -0.4 is 4.74 Å². The van der Waals surface area contributed by atoms with E-state index in [2.05, 4.69) is 0 Å². The first kappa shape index (κ1) is 10.7. The van der Waals surface area contributed by atoms with Crippen LogP contribution >= 0.6 is 11.6 Å². The summed E-state index contributed by atoms with van der Waals surface area (Å²) in [5.74, 6) is -0.983. The molecule has 5 heteroatoms. The van der Waals surface area contributed by atoms with Gasteiger partial charge in [0.05, 0.1) is 18.6 Å². The molecule has 0 aromatic heterocycles. The molecule has 0 aliphatic carbocycles. The number of carboxylic acids is 1. The average molecular weight is 217 g/mol. The third-order valence-electron chi connectivity index (χ3n) is 1.72. The largest absolute Gasteiger partial charge is 0.508 e. The van der Waals surface area contributed by atoms with E-state index in [0.717, 1.165) is 0 Å². The van der Waals surface area contributed by atoms with Gasteiger partial charge >= 0.3 is 5.97 Å². The van der Waals surface area contributed by atoms with E-state index in [1.807, 2.05) is 0 Å². The lowest BCUT2D eigenvalue weighted by atomic mass is 10.1. The van der Waals surface area contributed by atoms with E-state index in [4.69, 9.17) is 21.4 Å². The van der Waals surface area contributed by atoms with Crippen molar-refractivity contribution < 1.29 is 19.7 Å². The smallest absolute Gasteiger partial charge is 0.308 e. The number of halogens is 1. The van der Waals surface area contributed by atoms with Gasteiger partial charge in [0.1, 0.15) is 11.5 Å². The van der Waals surface area contributed by atoms with Crippen LogP contribution in [0.5, 0.6) is 11.5 Å². The molecule has 0 saturated heterocycles. The molecular weight excluding hydrogens is 208 g/mol. The number of aromatic hydroxyl groups is 1. The van der Waals surface area contributed by atoms with E-state index >= 15 is 0 Å². The molecular formula is C9H9ClO4. The zero-order chi connectivity index (χ0) is 10.7. The summed E-state index contributed by atoms with van der Waals surface area (Å²) in [4.78, 5) is 10.5. The minimum absolute atomic E-state index is 0.131. The van der Waals surface area contributed by atoms with Crippen LogP contribution in [0, 0.1) is 0 Å². The van der Waals surface area contributed by atoms with Gasteiger partial charge in [-0.1, -0.05) is 11.6 Å². The molecule has 0 heterocycles. The van der Waals surface area contributed by atoms with Crippen molar-refractivity contribution in [3.8, 4) is 11.5 Å². The van der Waals surface area contributed by atoms with Gasteiger partial charge in [0, 0.05) is 5.56 Å². The number of ether oxygens (including phenoxy) is 1. The van der Waals surface area contributed by atoms with Crippen LogP contribution in [0.4, 0.5) is 0 Å². The van der Waals surface area contributed by atoms with Crippen molar-refractivity contribution in [3.05, 3.63) is 22.7 Å². The zero-order valence-electron chi connectivity index (χ0n) is 7.45. The fraction of sp³-hybridized carbons (Fsp3) is 0.222. The summed E-state index contributed by atoms with van der Waals surface area (Å²) in [6, 6.07) is 2.78. The Morgan fingerprint density at radius 2 is 2.21 bits per heavy atom. The van der Waals surface area contributed by atoms with Gasteiger partial charge in [-0.15, -0.1) is 0 Å². The van der Waals surface area contributed by atoms with Crippen LogP contribution in [0.15, 0.2) is 12.1 Å². The van der Waals surface area contributed by atoms with Crippen molar-refractivity contribution in [1.82, 2.24) is 0 Å². The molecule has 0 unspecified atom stereocenters. The Morgan fingerprint density at radius 1 is 1.57 bits per heavy atom. The number of rotatable bonds is 3. The topological polar surface area (TPSA) is 66.8 Å². The highest BCUT2D eigenvalue weighted by atomic mass is 35.5. The van der Waals surface area contributed by atoms with Gasteiger partial charge < -0.3 is 14.9 Å². The Kier molecular flexibility index (Phi) is 3.19. The Hall–Kier alpha value is -1.42. The molecule has 0 fully saturated rings. The first-order valence-electron chi connectivity index (χ1n) is 3.82. The molecule has 0 amide bonds. The standard InChI is InChI=1S/C9H9ClO4/c1-14-9-5(4-8(12)13)7(11)3-2-6(9)10/h2-3,11H,4H2,1H3,(H,12,13). The number of benzene rings is 1. The number of hydrogen-bond acceptors (Lipinski definition) is 3. The van der Waals surface area contributed by atoms with Crippen LogP contribution in [0.25, 0.3) is 0 Å². The van der Waals surface area contributed by atoms with Crippen molar-refractivity contribution in [2.45, 2.75) is 6.42 Å². The van der Waals surface area contributed by atoms with E-state index in [-0.39, 0.29) is 28.5 Å². The van der Waals surface area contributed by atoms with E-state index in [9.17, 15) is 9.90 Å². The summed E-state index contributed by atoms with van der Waals surface area (Å²) in [6.45, 7) is 0. The van der Waals surface area contributed by atoms with Gasteiger partial charge in [0.2, 0.25) is 0 Å². The summed E-state index contributed by atoms with van der Waals surface area (Å²) in [5.41, 5.74) is 0.188. The fourth-order valence-electron chi connectivity index (χ4n) is 1.13. The summed E-state index contributed by atoms with van der Waals surface area (Å²) >= 11 is 5.76. The van der Waals surface area contributed by atoms with Crippen LogP contribution in [0.2, 0.25) is 5.02 Å². The lowest BCUT2D eigenvalue weighted by molar-refractivity contribution is -0.136. The molecule has 1 rings (SSSR count). The maximum atomic E-state index is 10.5. The highest BCUT2D eigenvalue weighted by Crippen LogP contribution is 2.34. The van der Waals surface area contributed by atoms with Crippen molar-refractivity contribution in [1.29, 1.82) is 0 Å². The maximum absolute atomic E-state index is 10.5. The van der Waals surface area contributed by atoms with Gasteiger partial charge in [-0.25, -0.2) is 0 Å². The van der Waals surface area contributed by atoms with Crippen molar-refractivity contribution in [3.63, 3.8) is 0 Å². The predicted molar refractivity (Wildman–Crippen MR) is 51.0 cm³/mol. The van der Waals surface area contributed by atoms with Crippen molar-refractivity contribution in [2.75, 3.05) is 7.11 Å². The quantitative estimate of drug-likeness (QED) is 0.807. The maximum Gasteiger partial charge on any atom is 0.308 e. The molecule has 0 spiro atoms. The molecule has 2 N–H and O–H groups in total. The molecule has 0 radical (unpaired) electrons. The second-order valence-electron chi connectivity index (χ2n) is 2.65. The normalized spacial score (nSPS) is 9.86. The van der Waals surface area contributed by atoms with Gasteiger partial charge in [-0.2, -0.15) is 0 Å². The van der Waals surface area contributed by atoms with Crippen molar-refractivity contribution >= 4 is 17.6 Å². The van der Waals surface area contributed by atoms with E-state index in [1.54, 1.807) is 0 Å². The number of methoxy groups -OCH3 is 1. The first-order valence-corrected chi connectivity index (χ1v) is 4.20. The zero-order valence-corrected chi connectivity index (χ0v) is 8.21. The monoisotopic (exact) mass is 216 g/mol. The number of carboxylic acid groups (broad SMARTS) is 1. The van der Waals surface area contributed by atoms with Crippen LogP contribution in [-0.4, -0.2) is 23.3 Å². The lowest BCUT2D eigenvalue weighted by Gasteiger charge is -2.09. The second-order valence-corrected chi connectivity index (χ2v) is 3.06. The molecule has 76 valence electrons. The third-order valence-corrected chi connectivity index (χ3v) is 2.02. The summed E-state index contributed by atoms with van der Waals surface area (Å²) in [6.07, 6.45) is -0.324. The highest BCUT2D eigenvalue weighted by Gasteiger charge is 2.15. The fourth-order valence-corrected chi connectivity index (χ4v) is 1.39. The molecule has 0 aliphatic heterocycles. The molecule has 0 atom stereocenters. The third kappa shape index (κ3) is 2.09. The first-order chi connectivity index (χ1) is 6.56. The number of hydrogen-bond donors (Lipinski definition) is 2. The molecule has 1 aromatic rings. The van der Waals surface area contributed by atoms with Gasteiger partial charge in [-0.05, 0) is 12.1 Å². The van der Waals surface area contributed by atoms with E-state index < -0.39 is 5.97 Å². The Morgan fingerprint density at radius 3 is 2.71 bits per heavy atom. The number of carbonyl (C=O) groups is 1. The molecule has 0 aliphatic rings. The summed E-state index contributed by atoms with van der Waals surface area (Å²) in [7, 11) is 1.37. The summed E-state index contributed by atoms with van der Waals surface area (Å²) < 4.78 is 4.90. The molecule has 0 saturated carbocycles. The number of phenolic OH excluding ortho intramolecular Hbond substituents is 1. The summed E-state index contributed by atoms with van der Waals surface area (Å²) in [5, 5.41) is 18.3. The molecule has 0 bridgehead atoms. The van der Waals surface area contributed by atoms with Gasteiger partial charge in [-0.3, -0.25) is 4.79 Å². The molecule has 4 nitrogen and oxygen atoms in total. The van der Waals surface area contributed by atoms with Crippen molar-refractivity contribution in [2.24, 2.45) is 0 Å². The average Bonchev–Trinajstić information content (AvgIpc) is 2.11. The van der Waals surface area contributed by atoms with E-state index in [1.165, 1.54) is 19.2 Å². The lowest BCUT2D eigenvalue weighted by Crippen LogP contribution is -2.03. The molecule has 14 heavy (non-hydrogen) atoms. The van der Waals surface area contributed by atoms with Gasteiger partial charge in [0.15, 0.2) is 0 Å². The highest BCUT2D eigenvalue weighted by molar-refractivity contribution is 6.32. The second kappa shape index (κ2) is 4.19. The minimum Gasteiger partial charge on any atom is -0.508 e. The SMILES string of the molecule is COc1c(Cl)ccc(O)c1CC(=O)O. The van der Waals surface area contributed by atoms with Crippen LogP contribution in [0.1, 0.15) is 5.56 Å². The number of phenols is 1. The van der Waals surface area contributed by atoms with E-state index in [0.29, 0.717) is 0 Å². The Labute approximate surface area is 85.7 Å². The predicted octanol–water partition coefficient (Wildman–Crippen LogP) is 1.68. The van der Waals surface area contributed by atoms with Crippen LogP contribution in [-0.2, 0) is 11.2 Å². The van der Waals surface area contributed by atoms with Gasteiger partial charge in [0.25, 0.3) is 0 Å². The minimum atomic E-state index is -1.05. The molecule has 1 aromatic carbocycles. The Bertz CT molecular complexity index is 362. The Balaban J connectivity index is 3.22. The number of aliphatic carboxylic acids is 1.